The SMILES string of the molecule is COC(=O)C1=C(C(=O)OC)N(c2cc(C(=O)O)c(F)cc2O)C(N)=C(C#N)C1c1ccccc1. The van der Waals surface area contributed by atoms with Crippen molar-refractivity contribution < 1.29 is 38.5 Å². The number of nitrogens with two attached hydrogens (primary N) is 1. The Labute approximate surface area is 192 Å². The van der Waals surface area contributed by atoms with Gasteiger partial charge in [0.2, 0.25) is 0 Å². The molecular formula is C23H18FN3O7. The third-order valence-corrected chi connectivity index (χ3v) is 5.15. The molecule has 1 aliphatic rings. The van der Waals surface area contributed by atoms with Gasteiger partial charge in [0, 0.05) is 6.07 Å². The zero-order valence-electron chi connectivity index (χ0n) is 17.9. The molecule has 0 spiro atoms. The molecule has 0 aliphatic carbocycles. The van der Waals surface area contributed by atoms with Crippen molar-refractivity contribution in [3.05, 3.63) is 82.1 Å². The lowest BCUT2D eigenvalue weighted by atomic mass is 9.81. The highest BCUT2D eigenvalue weighted by Crippen LogP contribution is 2.45. The number of carbonyl (C=O) groups is 3. The molecule has 3 rings (SSSR count). The molecule has 10 nitrogen and oxygen atoms in total. The minimum absolute atomic E-state index is 0.208. The van der Waals surface area contributed by atoms with Crippen LogP contribution in [0.1, 0.15) is 21.8 Å². The van der Waals surface area contributed by atoms with Crippen molar-refractivity contribution in [1.29, 1.82) is 5.26 Å². The van der Waals surface area contributed by atoms with Gasteiger partial charge in [0.1, 0.15) is 23.1 Å². The molecule has 1 heterocycles. The fraction of sp³-hybridized carbons (Fsp3) is 0.130. The summed E-state index contributed by atoms with van der Waals surface area (Å²) in [6.07, 6.45) is 0. The molecule has 0 aromatic heterocycles. The average Bonchev–Trinajstić information content (AvgIpc) is 2.83. The Kier molecular flexibility index (Phi) is 6.54. The van der Waals surface area contributed by atoms with Crippen LogP contribution >= 0.6 is 0 Å². The number of carbonyl (C=O) groups excluding carboxylic acids is 2. The molecule has 2 aromatic rings. The topological polar surface area (TPSA) is 163 Å². The number of anilines is 1. The Morgan fingerprint density at radius 1 is 1.12 bits per heavy atom. The number of halogens is 1. The first-order valence-electron chi connectivity index (χ1n) is 9.59. The summed E-state index contributed by atoms with van der Waals surface area (Å²) in [4.78, 5) is 38.1. The quantitative estimate of drug-likeness (QED) is 0.555. The number of ether oxygens (including phenoxy) is 2. The van der Waals surface area contributed by atoms with Crippen molar-refractivity contribution in [1.82, 2.24) is 0 Å². The van der Waals surface area contributed by atoms with E-state index in [4.69, 9.17) is 15.2 Å². The zero-order valence-corrected chi connectivity index (χ0v) is 17.9. The Balaban J connectivity index is 2.48. The predicted octanol–water partition coefficient (Wildman–Crippen LogP) is 2.13. The highest BCUT2D eigenvalue weighted by molar-refractivity contribution is 6.07. The van der Waals surface area contributed by atoms with Gasteiger partial charge in [-0.2, -0.15) is 5.26 Å². The van der Waals surface area contributed by atoms with Crippen LogP contribution in [0.15, 0.2) is 65.1 Å². The number of carboxylic acid groups (broad SMARTS) is 1. The molecule has 0 saturated heterocycles. The molecule has 34 heavy (non-hydrogen) atoms. The maximum absolute atomic E-state index is 14.1. The number of benzene rings is 2. The van der Waals surface area contributed by atoms with Gasteiger partial charge in [-0.05, 0) is 11.6 Å². The monoisotopic (exact) mass is 467 g/mol. The van der Waals surface area contributed by atoms with Crippen LogP contribution in [0.3, 0.4) is 0 Å². The Hall–Kier alpha value is -4.85. The van der Waals surface area contributed by atoms with Gasteiger partial charge in [-0.1, -0.05) is 30.3 Å². The number of nitriles is 1. The Morgan fingerprint density at radius 3 is 2.26 bits per heavy atom. The van der Waals surface area contributed by atoms with E-state index in [1.807, 2.05) is 6.07 Å². The number of carboxylic acids is 1. The number of phenolic OH excluding ortho intramolecular Hbond substituents is 1. The van der Waals surface area contributed by atoms with Gasteiger partial charge in [-0.15, -0.1) is 0 Å². The second kappa shape index (κ2) is 9.33. The Morgan fingerprint density at radius 2 is 1.74 bits per heavy atom. The molecule has 11 heteroatoms. The predicted molar refractivity (Wildman–Crippen MR) is 115 cm³/mol. The summed E-state index contributed by atoms with van der Waals surface area (Å²) in [6, 6.07) is 11.3. The minimum atomic E-state index is -1.67. The fourth-order valence-electron chi connectivity index (χ4n) is 3.66. The van der Waals surface area contributed by atoms with E-state index in [-0.39, 0.29) is 11.1 Å². The normalized spacial score (nSPS) is 15.6. The van der Waals surface area contributed by atoms with E-state index in [2.05, 4.69) is 0 Å². The number of aromatic hydroxyl groups is 1. The Bertz CT molecular complexity index is 1300. The summed E-state index contributed by atoms with van der Waals surface area (Å²) in [5.74, 6) is -7.44. The van der Waals surface area contributed by atoms with Gasteiger partial charge in [-0.25, -0.2) is 18.8 Å². The first-order valence-corrected chi connectivity index (χ1v) is 9.59. The van der Waals surface area contributed by atoms with Crippen LogP contribution < -0.4 is 10.6 Å². The molecular weight excluding hydrogens is 449 g/mol. The summed E-state index contributed by atoms with van der Waals surface area (Å²) in [5.41, 5.74) is 4.23. The van der Waals surface area contributed by atoms with Crippen LogP contribution in [0.25, 0.3) is 0 Å². The standard InChI is InChI=1S/C23H18FN3O7/c1-33-22(31)18-17(11-6-4-3-5-7-11)13(10-25)20(26)27(19(18)23(32)34-2)15-8-12(21(29)30)14(24)9-16(15)28/h3-9,17,28H,26H2,1-2H3,(H,29,30). The summed E-state index contributed by atoms with van der Waals surface area (Å²) in [7, 11) is 2.08. The number of hydrogen-bond donors (Lipinski definition) is 3. The molecule has 4 N–H and O–H groups in total. The van der Waals surface area contributed by atoms with Crippen LogP contribution in [0.2, 0.25) is 0 Å². The van der Waals surface area contributed by atoms with Crippen LogP contribution in [0.5, 0.6) is 5.75 Å². The van der Waals surface area contributed by atoms with E-state index in [0.29, 0.717) is 11.6 Å². The number of allylic oxidation sites excluding steroid dienone is 1. The van der Waals surface area contributed by atoms with Crippen LogP contribution in [0.4, 0.5) is 10.1 Å². The lowest BCUT2D eigenvalue weighted by molar-refractivity contribution is -0.139. The number of methoxy groups -OCH3 is 2. The number of nitrogens with zero attached hydrogens (tertiary/aromatic N) is 2. The largest absolute Gasteiger partial charge is 0.506 e. The van der Waals surface area contributed by atoms with Crippen LogP contribution in [-0.4, -0.2) is 42.3 Å². The second-order valence-corrected chi connectivity index (χ2v) is 6.96. The van der Waals surface area contributed by atoms with Crippen molar-refractivity contribution in [3.63, 3.8) is 0 Å². The van der Waals surface area contributed by atoms with Gasteiger partial charge >= 0.3 is 17.9 Å². The summed E-state index contributed by atoms with van der Waals surface area (Å²) in [6.45, 7) is 0. The van der Waals surface area contributed by atoms with E-state index in [0.717, 1.165) is 25.2 Å². The maximum atomic E-state index is 14.1. The minimum Gasteiger partial charge on any atom is -0.506 e. The molecule has 174 valence electrons. The van der Waals surface area contributed by atoms with Crippen LogP contribution in [0, 0.1) is 17.1 Å². The van der Waals surface area contributed by atoms with Crippen molar-refractivity contribution in [2.75, 3.05) is 19.1 Å². The highest BCUT2D eigenvalue weighted by Gasteiger charge is 2.43. The van der Waals surface area contributed by atoms with Gasteiger partial charge in [-0.3, -0.25) is 4.90 Å². The van der Waals surface area contributed by atoms with Crippen molar-refractivity contribution >= 4 is 23.6 Å². The number of hydrogen-bond acceptors (Lipinski definition) is 9. The smallest absolute Gasteiger partial charge is 0.355 e. The average molecular weight is 467 g/mol. The lowest BCUT2D eigenvalue weighted by Crippen LogP contribution is -2.41. The first kappa shape index (κ1) is 23.8. The molecule has 1 aliphatic heterocycles. The fourth-order valence-corrected chi connectivity index (χ4v) is 3.66. The summed E-state index contributed by atoms with van der Waals surface area (Å²) >= 11 is 0. The van der Waals surface area contributed by atoms with E-state index < -0.39 is 58.2 Å². The van der Waals surface area contributed by atoms with Crippen molar-refractivity contribution in [3.8, 4) is 11.8 Å². The summed E-state index contributed by atoms with van der Waals surface area (Å²) < 4.78 is 23.8. The zero-order chi connectivity index (χ0) is 25.2. The second-order valence-electron chi connectivity index (χ2n) is 6.96. The molecule has 1 unspecified atom stereocenters. The third-order valence-electron chi connectivity index (χ3n) is 5.15. The van der Waals surface area contributed by atoms with Gasteiger partial charge in [0.25, 0.3) is 0 Å². The first-order chi connectivity index (χ1) is 16.2. The molecule has 0 bridgehead atoms. The molecule has 1 atom stereocenters. The van der Waals surface area contributed by atoms with E-state index in [9.17, 15) is 34.2 Å². The number of esters is 2. The van der Waals surface area contributed by atoms with Gasteiger partial charge in [0.15, 0.2) is 0 Å². The molecule has 0 saturated carbocycles. The van der Waals surface area contributed by atoms with E-state index in [1.165, 1.54) is 0 Å². The maximum Gasteiger partial charge on any atom is 0.355 e. The molecule has 0 amide bonds. The number of phenols is 1. The summed E-state index contributed by atoms with van der Waals surface area (Å²) in [5, 5.41) is 29.7. The van der Waals surface area contributed by atoms with Crippen molar-refractivity contribution in [2.45, 2.75) is 5.92 Å². The third kappa shape index (κ3) is 3.88. The van der Waals surface area contributed by atoms with Crippen LogP contribution in [-0.2, 0) is 19.1 Å². The number of aromatic carboxylic acids is 1. The van der Waals surface area contributed by atoms with Gasteiger partial charge < -0.3 is 25.4 Å². The van der Waals surface area contributed by atoms with Gasteiger partial charge in [0.05, 0.1) is 48.6 Å². The molecule has 0 radical (unpaired) electrons. The van der Waals surface area contributed by atoms with E-state index in [1.54, 1.807) is 30.3 Å². The number of rotatable bonds is 5. The van der Waals surface area contributed by atoms with Crippen molar-refractivity contribution in [2.24, 2.45) is 5.73 Å². The van der Waals surface area contributed by atoms with E-state index >= 15 is 0 Å². The highest BCUT2D eigenvalue weighted by atomic mass is 19.1. The lowest BCUT2D eigenvalue weighted by Gasteiger charge is -2.36. The molecule has 0 fully saturated rings. The molecule has 2 aromatic carbocycles.